The van der Waals surface area contributed by atoms with Gasteiger partial charge in [0.25, 0.3) is 5.91 Å². The number of nitrogens with one attached hydrogen (secondary N) is 1. The number of furan rings is 2. The van der Waals surface area contributed by atoms with E-state index < -0.39 is 42.1 Å². The van der Waals surface area contributed by atoms with Gasteiger partial charge in [-0.2, -0.15) is 0 Å². The first-order valence-electron chi connectivity index (χ1n) is 12.5. The molecule has 0 aliphatic carbocycles. The van der Waals surface area contributed by atoms with Gasteiger partial charge in [0.05, 0.1) is 26.7 Å². The summed E-state index contributed by atoms with van der Waals surface area (Å²) in [5.41, 5.74) is 1.22. The molecule has 0 unspecified atom stereocenters. The quantitative estimate of drug-likeness (QED) is 0.308. The molecule has 0 fully saturated rings. The number of carbonyl (C=O) groups is 3. The summed E-state index contributed by atoms with van der Waals surface area (Å²) in [6, 6.07) is 23.0. The van der Waals surface area contributed by atoms with Crippen LogP contribution in [0.2, 0.25) is 0 Å². The van der Waals surface area contributed by atoms with Crippen molar-refractivity contribution >= 4 is 23.7 Å². The molecule has 4 atom stereocenters. The molecule has 5 rings (SSSR count). The Kier molecular flexibility index (Phi) is 9.68. The van der Waals surface area contributed by atoms with Crippen molar-refractivity contribution in [2.45, 2.75) is 24.3 Å². The molecule has 2 aromatic heterocycles. The maximum atomic E-state index is 12.1. The first kappa shape index (κ1) is 28.8. The smallest absolute Gasteiger partial charge is 0.349 e. The number of hydrogen-bond acceptors (Lipinski definition) is 10. The van der Waals surface area contributed by atoms with Gasteiger partial charge in [-0.15, -0.1) is 0 Å². The molecule has 11 nitrogen and oxygen atoms in total. The number of ether oxygens (including phenoxy) is 3. The molecule has 0 saturated carbocycles. The Bertz CT molecular complexity index is 1440. The van der Waals surface area contributed by atoms with Crippen LogP contribution >= 0.6 is 0 Å². The molecule has 0 radical (unpaired) electrons. The normalized spacial score (nSPS) is 17.1. The van der Waals surface area contributed by atoms with Crippen LogP contribution in [0.15, 0.2) is 111 Å². The van der Waals surface area contributed by atoms with E-state index in [1.54, 1.807) is 60.9 Å². The van der Waals surface area contributed by atoms with Crippen molar-refractivity contribution in [3.05, 3.63) is 120 Å². The number of benzene rings is 2. The minimum absolute atomic E-state index is 0.261. The van der Waals surface area contributed by atoms with E-state index in [2.05, 4.69) is 15.0 Å². The Labute approximate surface area is 235 Å². The fourth-order valence-corrected chi connectivity index (χ4v) is 3.94. The van der Waals surface area contributed by atoms with E-state index in [-0.39, 0.29) is 5.76 Å². The largest absolute Gasteiger partial charge is 0.467 e. The second kappa shape index (κ2) is 13.8. The summed E-state index contributed by atoms with van der Waals surface area (Å²) >= 11 is 0. The molecule has 1 aliphatic rings. The molecule has 0 bridgehead atoms. The molecule has 1 amide bonds. The van der Waals surface area contributed by atoms with E-state index in [9.17, 15) is 19.5 Å². The highest BCUT2D eigenvalue weighted by molar-refractivity contribution is 5.98. The lowest BCUT2D eigenvalue weighted by Crippen LogP contribution is -2.40. The van der Waals surface area contributed by atoms with Crippen molar-refractivity contribution in [3.63, 3.8) is 0 Å². The SMILES string of the molecule is COC(=O)[C@@H]1OC(c2ccccc2)=N[C@H]1c1ccco1.COC(=O)[C@H](O)[C@@H](NC(=O)c1ccccc1)c1ccco1. The molecule has 41 heavy (non-hydrogen) atoms. The van der Waals surface area contributed by atoms with Crippen molar-refractivity contribution in [2.75, 3.05) is 14.2 Å². The fourth-order valence-electron chi connectivity index (χ4n) is 3.94. The van der Waals surface area contributed by atoms with Crippen molar-refractivity contribution in [1.29, 1.82) is 0 Å². The summed E-state index contributed by atoms with van der Waals surface area (Å²) < 4.78 is 25.4. The van der Waals surface area contributed by atoms with Crippen LogP contribution in [0.25, 0.3) is 0 Å². The number of aliphatic imine (C=N–C) groups is 1. The van der Waals surface area contributed by atoms with Crippen LogP contribution in [0.3, 0.4) is 0 Å². The van der Waals surface area contributed by atoms with Crippen molar-refractivity contribution < 1.29 is 42.5 Å². The minimum Gasteiger partial charge on any atom is -0.467 e. The highest BCUT2D eigenvalue weighted by atomic mass is 16.6. The second-order valence-corrected chi connectivity index (χ2v) is 8.62. The second-order valence-electron chi connectivity index (χ2n) is 8.62. The molecular weight excluding hydrogens is 532 g/mol. The Morgan fingerprint density at radius 1 is 0.854 bits per heavy atom. The van der Waals surface area contributed by atoms with Gasteiger partial charge in [-0.05, 0) is 48.5 Å². The predicted octanol–water partition coefficient (Wildman–Crippen LogP) is 3.62. The lowest BCUT2D eigenvalue weighted by Gasteiger charge is -2.20. The zero-order chi connectivity index (χ0) is 29.2. The van der Waals surface area contributed by atoms with Gasteiger partial charge in [0, 0.05) is 11.1 Å². The number of nitrogens with zero attached hydrogens (tertiary/aromatic N) is 1. The fraction of sp³-hybridized carbons (Fsp3) is 0.200. The van der Waals surface area contributed by atoms with Crippen LogP contribution in [-0.2, 0) is 23.8 Å². The number of methoxy groups -OCH3 is 2. The predicted molar refractivity (Wildman–Crippen MR) is 145 cm³/mol. The number of esters is 2. The van der Waals surface area contributed by atoms with Gasteiger partial charge in [0.1, 0.15) is 17.6 Å². The van der Waals surface area contributed by atoms with Crippen molar-refractivity contribution in [3.8, 4) is 0 Å². The molecule has 4 aromatic rings. The Morgan fingerprint density at radius 3 is 2.10 bits per heavy atom. The summed E-state index contributed by atoms with van der Waals surface area (Å²) in [7, 11) is 2.48. The number of rotatable bonds is 8. The van der Waals surface area contributed by atoms with Crippen LogP contribution in [0.5, 0.6) is 0 Å². The Hall–Kier alpha value is -5.16. The van der Waals surface area contributed by atoms with Crippen molar-refractivity contribution in [2.24, 2.45) is 4.99 Å². The highest BCUT2D eigenvalue weighted by Crippen LogP contribution is 2.32. The number of carbonyl (C=O) groups excluding carboxylic acids is 3. The maximum Gasteiger partial charge on any atom is 0.349 e. The molecule has 0 saturated heterocycles. The third kappa shape index (κ3) is 7.08. The van der Waals surface area contributed by atoms with E-state index in [0.29, 0.717) is 17.2 Å². The summed E-state index contributed by atoms with van der Waals surface area (Å²) in [6.45, 7) is 0. The molecule has 2 aromatic carbocycles. The van der Waals surface area contributed by atoms with E-state index >= 15 is 0 Å². The summed E-state index contributed by atoms with van der Waals surface area (Å²) in [5.74, 6) is -0.503. The van der Waals surface area contributed by atoms with Crippen LogP contribution < -0.4 is 5.32 Å². The van der Waals surface area contributed by atoms with Gasteiger partial charge in [-0.1, -0.05) is 36.4 Å². The van der Waals surface area contributed by atoms with Gasteiger partial charge < -0.3 is 33.5 Å². The van der Waals surface area contributed by atoms with Crippen LogP contribution in [0, 0.1) is 0 Å². The van der Waals surface area contributed by atoms with Crippen LogP contribution in [0.4, 0.5) is 0 Å². The van der Waals surface area contributed by atoms with Gasteiger partial charge in [-0.3, -0.25) is 4.79 Å². The maximum absolute atomic E-state index is 12.1. The molecule has 212 valence electrons. The van der Waals surface area contributed by atoms with Crippen molar-refractivity contribution in [1.82, 2.24) is 5.32 Å². The van der Waals surface area contributed by atoms with E-state index in [1.807, 2.05) is 30.3 Å². The minimum atomic E-state index is -1.56. The first-order valence-corrected chi connectivity index (χ1v) is 12.5. The topological polar surface area (TPSA) is 150 Å². The monoisotopic (exact) mass is 560 g/mol. The molecule has 1 aliphatic heterocycles. The molecular formula is C30H28N2O9. The molecule has 2 N–H and O–H groups in total. The summed E-state index contributed by atoms with van der Waals surface area (Å²) in [5, 5.41) is 12.6. The van der Waals surface area contributed by atoms with Gasteiger partial charge in [-0.25, -0.2) is 14.6 Å². The van der Waals surface area contributed by atoms with Crippen LogP contribution in [0.1, 0.15) is 39.5 Å². The number of amides is 1. The van der Waals surface area contributed by atoms with Gasteiger partial charge in [0.2, 0.25) is 12.0 Å². The van der Waals surface area contributed by atoms with Gasteiger partial charge >= 0.3 is 11.9 Å². The highest BCUT2D eigenvalue weighted by Gasteiger charge is 2.40. The molecule has 3 heterocycles. The molecule has 11 heteroatoms. The summed E-state index contributed by atoms with van der Waals surface area (Å²) in [4.78, 5) is 39.9. The van der Waals surface area contributed by atoms with E-state index in [4.69, 9.17) is 18.3 Å². The third-order valence-electron chi connectivity index (χ3n) is 6.00. The average Bonchev–Trinajstić information content (AvgIpc) is 3.82. The zero-order valence-electron chi connectivity index (χ0n) is 22.2. The average molecular weight is 561 g/mol. The molecule has 0 spiro atoms. The number of aliphatic hydroxyl groups excluding tert-OH is 1. The first-order chi connectivity index (χ1) is 19.9. The third-order valence-corrected chi connectivity index (χ3v) is 6.00. The van der Waals surface area contributed by atoms with Crippen LogP contribution in [-0.4, -0.2) is 55.3 Å². The van der Waals surface area contributed by atoms with E-state index in [1.165, 1.54) is 13.4 Å². The number of aliphatic hydroxyl groups is 1. The number of hydrogen-bond donors (Lipinski definition) is 2. The Morgan fingerprint density at radius 2 is 1.51 bits per heavy atom. The summed E-state index contributed by atoms with van der Waals surface area (Å²) in [6.07, 6.45) is 0.552. The zero-order valence-corrected chi connectivity index (χ0v) is 22.2. The van der Waals surface area contributed by atoms with Gasteiger partial charge in [0.15, 0.2) is 12.1 Å². The standard InChI is InChI=1S/C15H15NO5.C15H13NO4/c1-20-15(19)13(17)12(11-8-5-9-21-11)16-14(18)10-6-3-2-4-7-10;1-18-15(17)13-12(11-8-5-9-19-11)16-14(20-13)10-6-3-2-4-7-10/h2-9,12-13,17H,1H3,(H,16,18);2-9,12-13H,1H3/t2*12-,13+/m00/s1. The lowest BCUT2D eigenvalue weighted by atomic mass is 10.1. The van der Waals surface area contributed by atoms with E-state index in [0.717, 1.165) is 12.7 Å². The lowest BCUT2D eigenvalue weighted by molar-refractivity contribution is -0.152. The Balaban J connectivity index is 0.000000189.